The molecule has 0 saturated carbocycles. The van der Waals surface area contributed by atoms with E-state index in [0.717, 1.165) is 12.3 Å². The van der Waals surface area contributed by atoms with Crippen LogP contribution in [0.4, 0.5) is 14.9 Å². The summed E-state index contributed by atoms with van der Waals surface area (Å²) in [6.45, 7) is -0.137. The van der Waals surface area contributed by atoms with Crippen molar-refractivity contribution in [3.05, 3.63) is 29.6 Å². The fourth-order valence-corrected chi connectivity index (χ4v) is 1.83. The molecule has 9 heteroatoms. The fraction of sp³-hybridized carbons (Fsp3) is 0.273. The number of hydrogen-bond donors (Lipinski definition) is 3. The minimum Gasteiger partial charge on any atom is -0.478 e. The van der Waals surface area contributed by atoms with Gasteiger partial charge in [-0.1, -0.05) is 6.07 Å². The number of carbonyl (C=O) groups is 2. The summed E-state index contributed by atoms with van der Waals surface area (Å²) in [5.74, 6) is -2.75. The molecular formula is C11H13FN2O5S. The number of hydrogen-bond acceptors (Lipinski definition) is 4. The molecule has 0 aliphatic heterocycles. The van der Waals surface area contributed by atoms with E-state index in [-0.39, 0.29) is 18.0 Å². The number of nitrogens with one attached hydrogen (secondary N) is 2. The van der Waals surface area contributed by atoms with Crippen molar-refractivity contribution in [3.63, 3.8) is 0 Å². The Morgan fingerprint density at radius 2 is 2.00 bits per heavy atom. The van der Waals surface area contributed by atoms with Crippen LogP contribution in [0.2, 0.25) is 0 Å². The predicted octanol–water partition coefficient (Wildman–Crippen LogP) is 0.690. The van der Waals surface area contributed by atoms with Crippen LogP contribution in [-0.2, 0) is 9.84 Å². The van der Waals surface area contributed by atoms with Crippen LogP contribution in [0.3, 0.4) is 0 Å². The maximum absolute atomic E-state index is 13.3. The summed E-state index contributed by atoms with van der Waals surface area (Å²) in [6.07, 6.45) is 1.02. The molecule has 0 fully saturated rings. The van der Waals surface area contributed by atoms with Gasteiger partial charge in [0.25, 0.3) is 0 Å². The van der Waals surface area contributed by atoms with Gasteiger partial charge in [0, 0.05) is 12.8 Å². The molecule has 0 aromatic heterocycles. The normalized spacial score (nSPS) is 10.9. The van der Waals surface area contributed by atoms with Crippen LogP contribution in [0.5, 0.6) is 0 Å². The molecule has 0 saturated heterocycles. The quantitative estimate of drug-likeness (QED) is 0.741. The zero-order valence-corrected chi connectivity index (χ0v) is 11.3. The van der Waals surface area contributed by atoms with Crippen molar-refractivity contribution in [1.29, 1.82) is 0 Å². The Morgan fingerprint density at radius 1 is 1.35 bits per heavy atom. The van der Waals surface area contributed by atoms with Crippen LogP contribution in [0.1, 0.15) is 10.4 Å². The highest BCUT2D eigenvalue weighted by Gasteiger charge is 2.17. The Bertz CT molecular complexity index is 630. The highest BCUT2D eigenvalue weighted by Crippen LogP contribution is 2.18. The number of rotatable bonds is 5. The summed E-state index contributed by atoms with van der Waals surface area (Å²) in [7, 11) is -3.22. The third kappa shape index (κ3) is 4.84. The molecule has 2 amide bonds. The Kier molecular flexibility index (Phi) is 5.03. The third-order valence-electron chi connectivity index (χ3n) is 2.23. The molecule has 7 nitrogen and oxygen atoms in total. The molecule has 1 aromatic carbocycles. The topological polar surface area (TPSA) is 113 Å². The van der Waals surface area contributed by atoms with Crippen LogP contribution >= 0.6 is 0 Å². The molecule has 1 rings (SSSR count). The lowest BCUT2D eigenvalue weighted by Crippen LogP contribution is -2.33. The standard InChI is InChI=1S/C11H13FN2O5S/c1-20(18,19)6-5-13-11(17)14-8-4-2-3-7(12)9(8)10(15)16/h2-4H,5-6H2,1H3,(H,15,16)(H2,13,14,17). The molecule has 0 unspecified atom stereocenters. The highest BCUT2D eigenvalue weighted by atomic mass is 32.2. The van der Waals surface area contributed by atoms with Crippen molar-refractivity contribution in [2.45, 2.75) is 0 Å². The number of carboxylic acids is 1. The number of halogens is 1. The van der Waals surface area contributed by atoms with Gasteiger partial charge in [-0.2, -0.15) is 0 Å². The lowest BCUT2D eigenvalue weighted by Gasteiger charge is -2.10. The minimum atomic E-state index is -3.22. The second-order valence-corrected chi connectivity index (χ2v) is 6.24. The molecule has 3 N–H and O–H groups in total. The molecule has 1 aromatic rings. The maximum atomic E-state index is 13.3. The van der Waals surface area contributed by atoms with Crippen LogP contribution in [0.15, 0.2) is 18.2 Å². The van der Waals surface area contributed by atoms with Crippen molar-refractivity contribution in [3.8, 4) is 0 Å². The summed E-state index contributed by atoms with van der Waals surface area (Å²) < 4.78 is 35.0. The first-order chi connectivity index (χ1) is 9.20. The van der Waals surface area contributed by atoms with Crippen LogP contribution in [0, 0.1) is 5.82 Å². The Balaban J connectivity index is 2.72. The second-order valence-electron chi connectivity index (χ2n) is 3.98. The highest BCUT2D eigenvalue weighted by molar-refractivity contribution is 7.90. The number of carboxylic acid groups (broad SMARTS) is 1. The van der Waals surface area contributed by atoms with Gasteiger partial charge in [0.2, 0.25) is 0 Å². The van der Waals surface area contributed by atoms with Gasteiger partial charge in [0.15, 0.2) is 0 Å². The number of carbonyl (C=O) groups excluding carboxylic acids is 1. The van der Waals surface area contributed by atoms with Crippen LogP contribution < -0.4 is 10.6 Å². The molecule has 0 heterocycles. The van der Waals surface area contributed by atoms with Crippen molar-refractivity contribution in [2.75, 3.05) is 23.9 Å². The lowest BCUT2D eigenvalue weighted by molar-refractivity contribution is 0.0693. The first kappa shape index (κ1) is 15.9. The Hall–Kier alpha value is -2.16. The molecular weight excluding hydrogens is 291 g/mol. The van der Waals surface area contributed by atoms with Gasteiger partial charge in [0.1, 0.15) is 21.2 Å². The van der Waals surface area contributed by atoms with Crippen molar-refractivity contribution >= 4 is 27.5 Å². The number of amides is 2. The Morgan fingerprint density at radius 3 is 2.55 bits per heavy atom. The molecule has 0 aliphatic carbocycles. The van der Waals surface area contributed by atoms with E-state index < -0.39 is 33.2 Å². The molecule has 0 aliphatic rings. The van der Waals surface area contributed by atoms with Gasteiger partial charge >= 0.3 is 12.0 Å². The third-order valence-corrected chi connectivity index (χ3v) is 3.18. The van der Waals surface area contributed by atoms with E-state index in [9.17, 15) is 22.4 Å². The Labute approximate surface area is 114 Å². The van der Waals surface area contributed by atoms with Crippen molar-refractivity contribution < 1.29 is 27.5 Å². The van der Waals surface area contributed by atoms with E-state index in [4.69, 9.17) is 5.11 Å². The van der Waals surface area contributed by atoms with Crippen molar-refractivity contribution in [2.24, 2.45) is 0 Å². The lowest BCUT2D eigenvalue weighted by atomic mass is 10.1. The number of sulfone groups is 1. The van der Waals surface area contributed by atoms with Gasteiger partial charge in [-0.3, -0.25) is 0 Å². The summed E-state index contributed by atoms with van der Waals surface area (Å²) in [4.78, 5) is 22.3. The van der Waals surface area contributed by atoms with Gasteiger partial charge < -0.3 is 15.7 Å². The molecule has 0 atom stereocenters. The zero-order chi connectivity index (χ0) is 15.3. The largest absolute Gasteiger partial charge is 0.478 e. The maximum Gasteiger partial charge on any atom is 0.340 e. The fourth-order valence-electron chi connectivity index (χ4n) is 1.36. The van der Waals surface area contributed by atoms with Crippen LogP contribution in [-0.4, -0.2) is 44.1 Å². The van der Waals surface area contributed by atoms with E-state index in [1.807, 2.05) is 0 Å². The van der Waals surface area contributed by atoms with E-state index in [0.29, 0.717) is 0 Å². The van der Waals surface area contributed by atoms with Gasteiger partial charge in [-0.15, -0.1) is 0 Å². The number of urea groups is 1. The van der Waals surface area contributed by atoms with Gasteiger partial charge in [0.05, 0.1) is 11.4 Å². The molecule has 110 valence electrons. The van der Waals surface area contributed by atoms with E-state index >= 15 is 0 Å². The monoisotopic (exact) mass is 304 g/mol. The van der Waals surface area contributed by atoms with Crippen LogP contribution in [0.25, 0.3) is 0 Å². The van der Waals surface area contributed by atoms with Gasteiger partial charge in [-0.05, 0) is 12.1 Å². The first-order valence-corrected chi connectivity index (χ1v) is 7.51. The number of anilines is 1. The SMILES string of the molecule is CS(=O)(=O)CCNC(=O)Nc1cccc(F)c1C(=O)O. The predicted molar refractivity (Wildman–Crippen MR) is 70.1 cm³/mol. The number of aromatic carboxylic acids is 1. The zero-order valence-electron chi connectivity index (χ0n) is 10.5. The summed E-state index contributed by atoms with van der Waals surface area (Å²) in [6, 6.07) is 2.61. The average molecular weight is 304 g/mol. The molecule has 0 bridgehead atoms. The first-order valence-electron chi connectivity index (χ1n) is 5.45. The van der Waals surface area contributed by atoms with E-state index in [2.05, 4.69) is 10.6 Å². The minimum absolute atomic E-state index is 0.137. The molecule has 20 heavy (non-hydrogen) atoms. The summed E-state index contributed by atoms with van der Waals surface area (Å²) in [5, 5.41) is 13.2. The summed E-state index contributed by atoms with van der Waals surface area (Å²) in [5.41, 5.74) is -0.875. The van der Waals surface area contributed by atoms with E-state index in [1.54, 1.807) is 0 Å². The molecule has 0 spiro atoms. The van der Waals surface area contributed by atoms with Gasteiger partial charge in [-0.25, -0.2) is 22.4 Å². The van der Waals surface area contributed by atoms with E-state index in [1.165, 1.54) is 12.1 Å². The second kappa shape index (κ2) is 6.33. The summed E-state index contributed by atoms with van der Waals surface area (Å²) >= 11 is 0. The average Bonchev–Trinajstić information content (AvgIpc) is 2.26. The molecule has 0 radical (unpaired) electrons. The van der Waals surface area contributed by atoms with Crippen molar-refractivity contribution in [1.82, 2.24) is 5.32 Å². The smallest absolute Gasteiger partial charge is 0.340 e. The number of benzene rings is 1.